The molecule has 0 aliphatic heterocycles. The molecule has 0 amide bonds. The van der Waals surface area contributed by atoms with Crippen LogP contribution in [0, 0.1) is 0 Å². The van der Waals surface area contributed by atoms with Crippen molar-refractivity contribution in [3.8, 4) is 0 Å². The lowest BCUT2D eigenvalue weighted by Gasteiger charge is -2.21. The van der Waals surface area contributed by atoms with E-state index in [1.807, 2.05) is 6.92 Å². The molecule has 0 rings (SSSR count). The predicted molar refractivity (Wildman–Crippen MR) is 50.6 cm³/mol. The van der Waals surface area contributed by atoms with E-state index in [0.29, 0.717) is 13.0 Å². The van der Waals surface area contributed by atoms with E-state index in [-0.39, 0.29) is 0 Å². The second-order valence-corrected chi connectivity index (χ2v) is 3.87. The molecule has 0 heterocycles. The summed E-state index contributed by atoms with van der Waals surface area (Å²) in [6.07, 6.45) is 1.40. The molecule has 0 aromatic rings. The smallest absolute Gasteiger partial charge is 0.320 e. The van der Waals surface area contributed by atoms with Gasteiger partial charge in [-0.3, -0.25) is 4.79 Å². The van der Waals surface area contributed by atoms with Crippen LogP contribution in [0.15, 0.2) is 0 Å². The van der Waals surface area contributed by atoms with Gasteiger partial charge in [-0.25, -0.2) is 0 Å². The number of aliphatic hydroxyl groups is 1. The molecule has 0 radical (unpaired) electrons. The lowest BCUT2D eigenvalue weighted by Crippen LogP contribution is -2.44. The maximum atomic E-state index is 10.7. The Morgan fingerprint density at radius 2 is 2.08 bits per heavy atom. The number of nitrogens with one attached hydrogen (secondary N) is 1. The van der Waals surface area contributed by atoms with Gasteiger partial charge in [-0.2, -0.15) is 0 Å². The first-order valence-electron chi connectivity index (χ1n) is 4.55. The van der Waals surface area contributed by atoms with Crippen molar-refractivity contribution in [3.63, 3.8) is 0 Å². The largest absolute Gasteiger partial charge is 0.480 e. The minimum Gasteiger partial charge on any atom is -0.480 e. The topological polar surface area (TPSA) is 69.6 Å². The van der Waals surface area contributed by atoms with Crippen molar-refractivity contribution in [1.82, 2.24) is 5.32 Å². The van der Waals surface area contributed by atoms with Gasteiger partial charge in [0.25, 0.3) is 0 Å². The Balaban J connectivity index is 3.90. The number of carboxylic acids is 1. The van der Waals surface area contributed by atoms with E-state index in [2.05, 4.69) is 5.32 Å². The van der Waals surface area contributed by atoms with Crippen LogP contribution in [-0.4, -0.2) is 34.4 Å². The minimum absolute atomic E-state index is 0.296. The van der Waals surface area contributed by atoms with Crippen molar-refractivity contribution in [2.24, 2.45) is 0 Å². The van der Waals surface area contributed by atoms with Gasteiger partial charge in [0, 0.05) is 6.54 Å². The lowest BCUT2D eigenvalue weighted by molar-refractivity contribution is -0.139. The number of carbonyl (C=O) groups is 1. The van der Waals surface area contributed by atoms with Crippen molar-refractivity contribution < 1.29 is 15.0 Å². The third-order valence-electron chi connectivity index (χ3n) is 1.66. The summed E-state index contributed by atoms with van der Waals surface area (Å²) in [5.74, 6) is -0.855. The molecular formula is C9H19NO3. The standard InChI is InChI=1S/C9H19NO3/c1-4-5-7(8(11)12)10-6-9(2,3)13/h7,10,13H,4-6H2,1-3H3,(H,11,12). The molecule has 1 atom stereocenters. The van der Waals surface area contributed by atoms with Gasteiger partial charge in [-0.15, -0.1) is 0 Å². The Labute approximate surface area is 79.0 Å². The summed E-state index contributed by atoms with van der Waals surface area (Å²) >= 11 is 0. The molecule has 0 spiro atoms. The third-order valence-corrected chi connectivity index (χ3v) is 1.66. The normalized spacial score (nSPS) is 14.2. The number of rotatable bonds is 6. The van der Waals surface area contributed by atoms with Crippen molar-refractivity contribution in [2.45, 2.75) is 45.3 Å². The summed E-state index contributed by atoms with van der Waals surface area (Å²) in [6.45, 7) is 5.52. The summed E-state index contributed by atoms with van der Waals surface area (Å²) in [5.41, 5.74) is -0.860. The zero-order valence-corrected chi connectivity index (χ0v) is 8.50. The maximum Gasteiger partial charge on any atom is 0.320 e. The van der Waals surface area contributed by atoms with E-state index in [1.165, 1.54) is 0 Å². The highest BCUT2D eigenvalue weighted by atomic mass is 16.4. The van der Waals surface area contributed by atoms with Gasteiger partial charge >= 0.3 is 5.97 Å². The number of carboxylic acid groups (broad SMARTS) is 1. The number of hydrogen-bond donors (Lipinski definition) is 3. The molecule has 0 aromatic carbocycles. The molecule has 0 aromatic heterocycles. The van der Waals surface area contributed by atoms with Crippen LogP contribution >= 0.6 is 0 Å². The van der Waals surface area contributed by atoms with Crippen LogP contribution in [0.3, 0.4) is 0 Å². The molecule has 0 bridgehead atoms. The second-order valence-electron chi connectivity index (χ2n) is 3.87. The van der Waals surface area contributed by atoms with E-state index in [1.54, 1.807) is 13.8 Å². The van der Waals surface area contributed by atoms with Crippen LogP contribution < -0.4 is 5.32 Å². The first-order chi connectivity index (χ1) is 5.87. The van der Waals surface area contributed by atoms with E-state index in [0.717, 1.165) is 6.42 Å². The van der Waals surface area contributed by atoms with E-state index >= 15 is 0 Å². The summed E-state index contributed by atoms with van der Waals surface area (Å²) < 4.78 is 0. The molecule has 0 saturated heterocycles. The third kappa shape index (κ3) is 6.54. The van der Waals surface area contributed by atoms with Gasteiger partial charge in [0.2, 0.25) is 0 Å². The fourth-order valence-electron chi connectivity index (χ4n) is 0.974. The molecule has 13 heavy (non-hydrogen) atoms. The molecule has 4 heteroatoms. The maximum absolute atomic E-state index is 10.7. The van der Waals surface area contributed by atoms with Crippen molar-refractivity contribution >= 4 is 5.97 Å². The molecule has 3 N–H and O–H groups in total. The molecule has 4 nitrogen and oxygen atoms in total. The summed E-state index contributed by atoms with van der Waals surface area (Å²) in [5, 5.41) is 20.9. The van der Waals surface area contributed by atoms with Gasteiger partial charge in [-0.1, -0.05) is 13.3 Å². The van der Waals surface area contributed by atoms with E-state index in [9.17, 15) is 9.90 Å². The lowest BCUT2D eigenvalue weighted by atomic mass is 10.1. The zero-order chi connectivity index (χ0) is 10.5. The van der Waals surface area contributed by atoms with Gasteiger partial charge < -0.3 is 15.5 Å². The fraction of sp³-hybridized carbons (Fsp3) is 0.889. The predicted octanol–water partition coefficient (Wildman–Crippen LogP) is 0.600. The van der Waals surface area contributed by atoms with Crippen LogP contribution in [0.4, 0.5) is 0 Å². The monoisotopic (exact) mass is 189 g/mol. The quantitative estimate of drug-likeness (QED) is 0.572. The molecule has 1 unspecified atom stereocenters. The van der Waals surface area contributed by atoms with Crippen molar-refractivity contribution in [2.75, 3.05) is 6.54 Å². The Morgan fingerprint density at radius 1 is 1.54 bits per heavy atom. The van der Waals surface area contributed by atoms with Crippen LogP contribution in [0.5, 0.6) is 0 Å². The number of hydrogen-bond acceptors (Lipinski definition) is 3. The van der Waals surface area contributed by atoms with Gasteiger partial charge in [0.1, 0.15) is 6.04 Å². The first-order valence-corrected chi connectivity index (χ1v) is 4.55. The Morgan fingerprint density at radius 3 is 2.38 bits per heavy atom. The summed E-state index contributed by atoms with van der Waals surface area (Å²) in [7, 11) is 0. The van der Waals surface area contributed by atoms with E-state index in [4.69, 9.17) is 5.11 Å². The van der Waals surface area contributed by atoms with Crippen LogP contribution in [0.1, 0.15) is 33.6 Å². The second kappa shape index (κ2) is 5.19. The molecule has 0 aliphatic rings. The fourth-order valence-corrected chi connectivity index (χ4v) is 0.974. The molecule has 0 aliphatic carbocycles. The highest BCUT2D eigenvalue weighted by Gasteiger charge is 2.19. The highest BCUT2D eigenvalue weighted by molar-refractivity contribution is 5.73. The minimum atomic E-state index is -0.860. The molecule has 0 saturated carbocycles. The molecular weight excluding hydrogens is 170 g/mol. The summed E-state index contributed by atoms with van der Waals surface area (Å²) in [4.78, 5) is 10.7. The number of aliphatic carboxylic acids is 1. The Hall–Kier alpha value is -0.610. The summed E-state index contributed by atoms with van der Waals surface area (Å²) in [6, 6.07) is -0.545. The van der Waals surface area contributed by atoms with Crippen LogP contribution in [0.2, 0.25) is 0 Å². The zero-order valence-electron chi connectivity index (χ0n) is 8.50. The van der Waals surface area contributed by atoms with Crippen molar-refractivity contribution in [1.29, 1.82) is 0 Å². The van der Waals surface area contributed by atoms with Gasteiger partial charge in [-0.05, 0) is 20.3 Å². The molecule has 0 fully saturated rings. The van der Waals surface area contributed by atoms with Gasteiger partial charge in [0.15, 0.2) is 0 Å². The SMILES string of the molecule is CCCC(NCC(C)(C)O)C(=O)O. The highest BCUT2D eigenvalue weighted by Crippen LogP contribution is 2.01. The Kier molecular flexibility index (Phi) is 4.95. The van der Waals surface area contributed by atoms with Crippen molar-refractivity contribution in [3.05, 3.63) is 0 Å². The van der Waals surface area contributed by atoms with E-state index < -0.39 is 17.6 Å². The Bertz CT molecular complexity index is 163. The van der Waals surface area contributed by atoms with Crippen LogP contribution in [0.25, 0.3) is 0 Å². The van der Waals surface area contributed by atoms with Gasteiger partial charge in [0.05, 0.1) is 5.60 Å². The first kappa shape index (κ1) is 12.4. The average Bonchev–Trinajstić information content (AvgIpc) is 1.95. The molecule has 78 valence electrons. The average molecular weight is 189 g/mol. The van der Waals surface area contributed by atoms with Crippen LogP contribution in [-0.2, 0) is 4.79 Å².